The molecular weight excluding hydrogens is 439 g/mol. The fraction of sp³-hybridized carbons (Fsp3) is 0.333. The Morgan fingerprint density at radius 1 is 1.23 bits per heavy atom. The second-order valence-corrected chi connectivity index (χ2v) is 7.23. The first kappa shape index (κ1) is 22.7. The van der Waals surface area contributed by atoms with Crippen LogP contribution in [-0.2, 0) is 0 Å². The second-order valence-electron chi connectivity index (χ2n) is 6.31. The second kappa shape index (κ2) is 9.55. The summed E-state index contributed by atoms with van der Waals surface area (Å²) in [6.07, 6.45) is 1.70. The number of hydrogen-bond acceptors (Lipinski definition) is 4. The van der Waals surface area contributed by atoms with Gasteiger partial charge in [0, 0.05) is 49.8 Å². The van der Waals surface area contributed by atoms with E-state index in [0.29, 0.717) is 24.5 Å². The Hall–Kier alpha value is -1.34. The van der Waals surface area contributed by atoms with Crippen LogP contribution < -0.4 is 10.6 Å². The quantitative estimate of drug-likeness (QED) is 0.761. The molecule has 2 atom stereocenters. The van der Waals surface area contributed by atoms with E-state index in [1.807, 2.05) is 48.2 Å². The summed E-state index contributed by atoms with van der Waals surface area (Å²) in [4.78, 5) is 21.1. The van der Waals surface area contributed by atoms with E-state index in [1.165, 1.54) is 5.56 Å². The van der Waals surface area contributed by atoms with Crippen LogP contribution in [0.4, 0.5) is 5.82 Å². The number of nitrogens with two attached hydrogens (primary N) is 1. The highest BCUT2D eigenvalue weighted by Gasteiger charge is 2.35. The first-order valence-corrected chi connectivity index (χ1v) is 8.69. The zero-order chi connectivity index (χ0) is 17.3. The third kappa shape index (κ3) is 4.68. The number of hydrogen-bond donors (Lipinski definition) is 1. The van der Waals surface area contributed by atoms with Crippen LogP contribution in [0.15, 0.2) is 47.1 Å². The van der Waals surface area contributed by atoms with Crippen molar-refractivity contribution < 1.29 is 4.79 Å². The number of likely N-dealkylation sites (tertiary alicyclic amines) is 1. The van der Waals surface area contributed by atoms with Gasteiger partial charge in [-0.05, 0) is 27.6 Å². The monoisotopic (exact) mass is 460 g/mol. The maximum absolute atomic E-state index is 13.0. The minimum absolute atomic E-state index is 0. The van der Waals surface area contributed by atoms with Gasteiger partial charge in [-0.1, -0.05) is 30.3 Å². The average molecular weight is 462 g/mol. The number of amides is 1. The van der Waals surface area contributed by atoms with Crippen LogP contribution >= 0.6 is 40.7 Å². The summed E-state index contributed by atoms with van der Waals surface area (Å²) in [5.41, 5.74) is 8.09. The molecule has 26 heavy (non-hydrogen) atoms. The van der Waals surface area contributed by atoms with Gasteiger partial charge in [0.15, 0.2) is 0 Å². The van der Waals surface area contributed by atoms with Crippen LogP contribution in [0.3, 0.4) is 0 Å². The number of halogens is 3. The maximum atomic E-state index is 13.0. The summed E-state index contributed by atoms with van der Waals surface area (Å²) < 4.78 is 0.791. The lowest BCUT2D eigenvalue weighted by Gasteiger charge is -2.21. The predicted octanol–water partition coefficient (Wildman–Crippen LogP) is 3.32. The molecule has 2 N–H and O–H groups in total. The number of aromatic nitrogens is 1. The molecule has 8 heteroatoms. The first-order valence-electron chi connectivity index (χ1n) is 7.90. The van der Waals surface area contributed by atoms with Gasteiger partial charge in [0.05, 0.1) is 5.56 Å². The lowest BCUT2D eigenvalue weighted by atomic mass is 9.95. The van der Waals surface area contributed by atoms with Crippen LogP contribution in [0.2, 0.25) is 0 Å². The zero-order valence-corrected chi connectivity index (χ0v) is 17.9. The molecule has 0 radical (unpaired) electrons. The smallest absolute Gasteiger partial charge is 0.257 e. The molecule has 1 saturated heterocycles. The molecule has 0 unspecified atom stereocenters. The van der Waals surface area contributed by atoms with Gasteiger partial charge < -0.3 is 15.5 Å². The maximum Gasteiger partial charge on any atom is 0.257 e. The van der Waals surface area contributed by atoms with Crippen molar-refractivity contribution in [2.75, 3.05) is 32.1 Å². The Bertz CT molecular complexity index is 745. The van der Waals surface area contributed by atoms with Crippen LogP contribution in [-0.4, -0.2) is 49.0 Å². The molecule has 1 aliphatic rings. The zero-order valence-electron chi connectivity index (χ0n) is 14.6. The Morgan fingerprint density at radius 2 is 1.88 bits per heavy atom. The van der Waals surface area contributed by atoms with E-state index < -0.39 is 0 Å². The molecule has 5 nitrogen and oxygen atoms in total. The molecule has 0 bridgehead atoms. The van der Waals surface area contributed by atoms with Gasteiger partial charge in [0.25, 0.3) is 5.91 Å². The van der Waals surface area contributed by atoms with Crippen molar-refractivity contribution in [2.24, 2.45) is 5.73 Å². The summed E-state index contributed by atoms with van der Waals surface area (Å²) in [7, 11) is 3.77. The molecular formula is C18H23BrCl2N4O. The summed E-state index contributed by atoms with van der Waals surface area (Å²) in [6, 6.07) is 11.9. The Morgan fingerprint density at radius 3 is 2.50 bits per heavy atom. The number of rotatable bonds is 3. The average Bonchev–Trinajstić information content (AvgIpc) is 2.96. The molecule has 1 aromatic heterocycles. The third-order valence-electron chi connectivity index (χ3n) is 4.37. The SMILES string of the molecule is CN(C)c1ncc(Br)cc1C(=O)N1C[C@@H](N)[C@H](c2ccccc2)C1.Cl.Cl. The van der Waals surface area contributed by atoms with Crippen molar-refractivity contribution in [3.63, 3.8) is 0 Å². The topological polar surface area (TPSA) is 62.5 Å². The molecule has 3 rings (SSSR count). The van der Waals surface area contributed by atoms with Crippen molar-refractivity contribution in [1.29, 1.82) is 0 Å². The van der Waals surface area contributed by atoms with Crippen LogP contribution in [0, 0.1) is 0 Å². The molecule has 0 spiro atoms. The fourth-order valence-electron chi connectivity index (χ4n) is 3.16. The van der Waals surface area contributed by atoms with E-state index in [9.17, 15) is 4.79 Å². The lowest BCUT2D eigenvalue weighted by Crippen LogP contribution is -2.33. The predicted molar refractivity (Wildman–Crippen MR) is 114 cm³/mol. The van der Waals surface area contributed by atoms with Gasteiger partial charge >= 0.3 is 0 Å². The van der Waals surface area contributed by atoms with Gasteiger partial charge in [0.2, 0.25) is 0 Å². The van der Waals surface area contributed by atoms with E-state index in [-0.39, 0.29) is 42.7 Å². The highest BCUT2D eigenvalue weighted by atomic mass is 79.9. The van der Waals surface area contributed by atoms with Crippen molar-refractivity contribution in [3.8, 4) is 0 Å². The van der Waals surface area contributed by atoms with Crippen LogP contribution in [0.25, 0.3) is 0 Å². The van der Waals surface area contributed by atoms with Crippen LogP contribution in [0.1, 0.15) is 21.8 Å². The minimum Gasteiger partial charge on any atom is -0.362 e. The third-order valence-corrected chi connectivity index (χ3v) is 4.80. The molecule has 0 aliphatic carbocycles. The van der Waals surface area contributed by atoms with Gasteiger partial charge in [-0.3, -0.25) is 4.79 Å². The molecule has 2 aromatic rings. The Kier molecular flexibility index (Phi) is 8.34. The molecule has 2 heterocycles. The van der Waals surface area contributed by atoms with E-state index in [4.69, 9.17) is 5.73 Å². The minimum atomic E-state index is -0.0562. The number of benzene rings is 1. The summed E-state index contributed by atoms with van der Waals surface area (Å²) in [5.74, 6) is 0.805. The summed E-state index contributed by atoms with van der Waals surface area (Å²) >= 11 is 3.41. The Balaban J connectivity index is 0.00000169. The molecule has 0 saturated carbocycles. The van der Waals surface area contributed by atoms with E-state index in [1.54, 1.807) is 6.20 Å². The highest BCUT2D eigenvalue weighted by molar-refractivity contribution is 9.10. The van der Waals surface area contributed by atoms with Crippen molar-refractivity contribution in [2.45, 2.75) is 12.0 Å². The number of pyridine rings is 1. The van der Waals surface area contributed by atoms with E-state index in [0.717, 1.165) is 4.47 Å². The Labute approximate surface area is 174 Å². The van der Waals surface area contributed by atoms with Crippen LogP contribution in [0.5, 0.6) is 0 Å². The normalized spacial score (nSPS) is 18.7. The van der Waals surface area contributed by atoms with Gasteiger partial charge in [-0.15, -0.1) is 24.8 Å². The molecule has 1 fully saturated rings. The number of anilines is 1. The van der Waals surface area contributed by atoms with E-state index in [2.05, 4.69) is 33.0 Å². The number of nitrogens with zero attached hydrogens (tertiary/aromatic N) is 3. The largest absolute Gasteiger partial charge is 0.362 e. The molecule has 1 amide bonds. The van der Waals surface area contributed by atoms with E-state index >= 15 is 0 Å². The molecule has 1 aromatic carbocycles. The summed E-state index contributed by atoms with van der Waals surface area (Å²) in [6.45, 7) is 1.18. The number of carbonyl (C=O) groups excluding carboxylic acids is 1. The molecule has 1 aliphatic heterocycles. The highest BCUT2D eigenvalue weighted by Crippen LogP contribution is 2.29. The number of carbonyl (C=O) groups is 1. The van der Waals surface area contributed by atoms with Gasteiger partial charge in [0.1, 0.15) is 5.82 Å². The van der Waals surface area contributed by atoms with Crippen molar-refractivity contribution in [3.05, 3.63) is 58.2 Å². The standard InChI is InChI=1S/C18H21BrN4O.2ClH/c1-22(2)17-14(8-13(19)9-21-17)18(24)23-10-15(16(20)11-23)12-6-4-3-5-7-12;;/h3-9,15-16H,10-11,20H2,1-2H3;2*1H/t15-,16+;;/m0../s1. The van der Waals surface area contributed by atoms with Gasteiger partial charge in [-0.25, -0.2) is 4.98 Å². The van der Waals surface area contributed by atoms with Crippen molar-refractivity contribution >= 4 is 52.5 Å². The van der Waals surface area contributed by atoms with Gasteiger partial charge in [-0.2, -0.15) is 0 Å². The lowest BCUT2D eigenvalue weighted by molar-refractivity contribution is 0.0789. The molecule has 142 valence electrons. The summed E-state index contributed by atoms with van der Waals surface area (Å²) in [5, 5.41) is 0. The first-order chi connectivity index (χ1) is 11.5. The van der Waals surface area contributed by atoms with Crippen molar-refractivity contribution in [1.82, 2.24) is 9.88 Å². The fourth-order valence-corrected chi connectivity index (χ4v) is 3.50.